The SMILES string of the molecule is CC(C)Oc1cncc(N(CCN)CCN)n1. The van der Waals surface area contributed by atoms with Crippen LogP contribution in [0.3, 0.4) is 0 Å². The number of rotatable bonds is 7. The Hall–Kier alpha value is -1.40. The highest BCUT2D eigenvalue weighted by Crippen LogP contribution is 2.14. The van der Waals surface area contributed by atoms with Crippen molar-refractivity contribution in [2.24, 2.45) is 11.5 Å². The molecule has 0 aliphatic carbocycles. The minimum atomic E-state index is 0.0806. The van der Waals surface area contributed by atoms with E-state index in [4.69, 9.17) is 16.2 Å². The minimum absolute atomic E-state index is 0.0806. The molecule has 0 fully saturated rings. The summed E-state index contributed by atoms with van der Waals surface area (Å²) in [6.07, 6.45) is 3.38. The molecule has 0 saturated carbocycles. The van der Waals surface area contributed by atoms with Crippen molar-refractivity contribution in [2.75, 3.05) is 31.1 Å². The molecule has 0 aromatic carbocycles. The maximum Gasteiger partial charge on any atom is 0.234 e. The molecule has 6 heteroatoms. The van der Waals surface area contributed by atoms with Gasteiger partial charge in [0.15, 0.2) is 5.82 Å². The molecule has 0 spiro atoms. The van der Waals surface area contributed by atoms with Gasteiger partial charge in [0, 0.05) is 26.2 Å². The van der Waals surface area contributed by atoms with Crippen molar-refractivity contribution in [3.05, 3.63) is 12.4 Å². The summed E-state index contributed by atoms with van der Waals surface area (Å²) in [5, 5.41) is 0. The van der Waals surface area contributed by atoms with Gasteiger partial charge in [-0.3, -0.25) is 4.98 Å². The van der Waals surface area contributed by atoms with Crippen LogP contribution in [0, 0.1) is 0 Å². The smallest absolute Gasteiger partial charge is 0.234 e. The molecule has 6 nitrogen and oxygen atoms in total. The van der Waals surface area contributed by atoms with Crippen molar-refractivity contribution < 1.29 is 4.74 Å². The lowest BCUT2D eigenvalue weighted by Crippen LogP contribution is -2.34. The van der Waals surface area contributed by atoms with Crippen LogP contribution in [-0.2, 0) is 0 Å². The number of anilines is 1. The third-order valence-electron chi connectivity index (χ3n) is 2.08. The standard InChI is InChI=1S/C11H21N5O/c1-9(2)17-11-8-14-7-10(15-11)16(5-3-12)6-4-13/h7-9H,3-6,12-13H2,1-2H3. The second-order valence-corrected chi connectivity index (χ2v) is 3.95. The van der Waals surface area contributed by atoms with Crippen LogP contribution in [0.5, 0.6) is 5.88 Å². The molecule has 96 valence electrons. The van der Waals surface area contributed by atoms with E-state index in [1.165, 1.54) is 0 Å². The number of nitrogens with two attached hydrogens (primary N) is 2. The summed E-state index contributed by atoms with van der Waals surface area (Å²) in [5.41, 5.74) is 11.1. The summed E-state index contributed by atoms with van der Waals surface area (Å²) in [4.78, 5) is 10.5. The van der Waals surface area contributed by atoms with Crippen LogP contribution < -0.4 is 21.1 Å². The molecule has 1 aromatic rings. The molecule has 0 unspecified atom stereocenters. The molecule has 4 N–H and O–H groups in total. The van der Waals surface area contributed by atoms with E-state index in [0.717, 1.165) is 5.82 Å². The number of nitrogens with zero attached hydrogens (tertiary/aromatic N) is 3. The summed E-state index contributed by atoms with van der Waals surface area (Å²) in [5.74, 6) is 1.27. The van der Waals surface area contributed by atoms with Crippen LogP contribution in [0.2, 0.25) is 0 Å². The fourth-order valence-electron chi connectivity index (χ4n) is 1.44. The normalized spacial score (nSPS) is 10.6. The molecule has 0 amide bonds. The molecule has 1 rings (SSSR count). The molecule has 0 atom stereocenters. The van der Waals surface area contributed by atoms with Crippen molar-refractivity contribution in [1.82, 2.24) is 9.97 Å². The van der Waals surface area contributed by atoms with Crippen molar-refractivity contribution in [1.29, 1.82) is 0 Å². The Bertz CT molecular complexity index is 325. The van der Waals surface area contributed by atoms with Gasteiger partial charge in [0.1, 0.15) is 0 Å². The van der Waals surface area contributed by atoms with E-state index in [1.54, 1.807) is 12.4 Å². The van der Waals surface area contributed by atoms with Crippen molar-refractivity contribution in [3.63, 3.8) is 0 Å². The lowest BCUT2D eigenvalue weighted by atomic mass is 10.4. The molecule has 0 radical (unpaired) electrons. The van der Waals surface area contributed by atoms with E-state index < -0.39 is 0 Å². The molecule has 0 saturated heterocycles. The zero-order chi connectivity index (χ0) is 12.7. The summed E-state index contributed by atoms with van der Waals surface area (Å²) in [6.45, 7) is 6.42. The number of hydrogen-bond donors (Lipinski definition) is 2. The number of hydrogen-bond acceptors (Lipinski definition) is 6. The summed E-state index contributed by atoms with van der Waals surface area (Å²) in [7, 11) is 0. The first-order chi connectivity index (χ1) is 8.17. The highest BCUT2D eigenvalue weighted by atomic mass is 16.5. The van der Waals surface area contributed by atoms with Gasteiger partial charge in [-0.05, 0) is 13.8 Å². The second-order valence-electron chi connectivity index (χ2n) is 3.95. The Balaban J connectivity index is 2.79. The second kappa shape index (κ2) is 7.03. The molecule has 1 aromatic heterocycles. The molecule has 0 aliphatic heterocycles. The number of aromatic nitrogens is 2. The highest BCUT2D eigenvalue weighted by molar-refractivity contribution is 5.37. The molecular formula is C11H21N5O. The highest BCUT2D eigenvalue weighted by Gasteiger charge is 2.08. The quantitative estimate of drug-likeness (QED) is 0.695. The van der Waals surface area contributed by atoms with Gasteiger partial charge < -0.3 is 21.1 Å². The van der Waals surface area contributed by atoms with Gasteiger partial charge in [0.25, 0.3) is 0 Å². The Morgan fingerprint density at radius 2 is 1.88 bits per heavy atom. The Labute approximate surface area is 102 Å². The monoisotopic (exact) mass is 239 g/mol. The Morgan fingerprint density at radius 1 is 1.24 bits per heavy atom. The van der Waals surface area contributed by atoms with Gasteiger partial charge in [-0.15, -0.1) is 0 Å². The van der Waals surface area contributed by atoms with Crippen LogP contribution in [0.1, 0.15) is 13.8 Å². The van der Waals surface area contributed by atoms with E-state index >= 15 is 0 Å². The van der Waals surface area contributed by atoms with Crippen molar-refractivity contribution in [3.8, 4) is 5.88 Å². The van der Waals surface area contributed by atoms with E-state index in [1.807, 2.05) is 18.7 Å². The van der Waals surface area contributed by atoms with Crippen LogP contribution in [0.25, 0.3) is 0 Å². The molecule has 17 heavy (non-hydrogen) atoms. The Kier molecular flexibility index (Phi) is 5.65. The van der Waals surface area contributed by atoms with E-state index in [9.17, 15) is 0 Å². The van der Waals surface area contributed by atoms with Gasteiger partial charge in [-0.25, -0.2) is 0 Å². The van der Waals surface area contributed by atoms with Crippen LogP contribution in [0.4, 0.5) is 5.82 Å². The lowest BCUT2D eigenvalue weighted by molar-refractivity contribution is 0.231. The van der Waals surface area contributed by atoms with E-state index in [0.29, 0.717) is 32.1 Å². The van der Waals surface area contributed by atoms with Gasteiger partial charge in [0.2, 0.25) is 5.88 Å². The maximum absolute atomic E-state index is 5.55. The van der Waals surface area contributed by atoms with Crippen LogP contribution in [-0.4, -0.2) is 42.3 Å². The predicted octanol–water partition coefficient (Wildman–Crippen LogP) is -0.0124. The molecule has 0 aliphatic rings. The number of ether oxygens (including phenoxy) is 1. The van der Waals surface area contributed by atoms with Gasteiger partial charge in [-0.2, -0.15) is 4.98 Å². The van der Waals surface area contributed by atoms with Crippen molar-refractivity contribution in [2.45, 2.75) is 20.0 Å². The van der Waals surface area contributed by atoms with E-state index in [2.05, 4.69) is 9.97 Å². The summed E-state index contributed by atoms with van der Waals surface area (Å²) >= 11 is 0. The maximum atomic E-state index is 5.55. The van der Waals surface area contributed by atoms with Crippen LogP contribution in [0.15, 0.2) is 12.4 Å². The third kappa shape index (κ3) is 4.54. The van der Waals surface area contributed by atoms with Gasteiger partial charge in [-0.1, -0.05) is 0 Å². The first-order valence-corrected chi connectivity index (χ1v) is 5.81. The average molecular weight is 239 g/mol. The zero-order valence-corrected chi connectivity index (χ0v) is 10.5. The fraction of sp³-hybridized carbons (Fsp3) is 0.636. The summed E-state index contributed by atoms with van der Waals surface area (Å²) in [6, 6.07) is 0. The van der Waals surface area contributed by atoms with E-state index in [-0.39, 0.29) is 6.10 Å². The van der Waals surface area contributed by atoms with Gasteiger partial charge >= 0.3 is 0 Å². The minimum Gasteiger partial charge on any atom is -0.474 e. The fourth-order valence-corrected chi connectivity index (χ4v) is 1.44. The predicted molar refractivity (Wildman–Crippen MR) is 68.1 cm³/mol. The first-order valence-electron chi connectivity index (χ1n) is 5.81. The topological polar surface area (TPSA) is 90.3 Å². The Morgan fingerprint density at radius 3 is 2.41 bits per heavy atom. The van der Waals surface area contributed by atoms with Gasteiger partial charge in [0.05, 0.1) is 18.5 Å². The largest absolute Gasteiger partial charge is 0.474 e. The van der Waals surface area contributed by atoms with Crippen molar-refractivity contribution >= 4 is 5.82 Å². The first kappa shape index (κ1) is 13.7. The lowest BCUT2D eigenvalue weighted by Gasteiger charge is -2.22. The summed E-state index contributed by atoms with van der Waals surface area (Å²) < 4.78 is 5.50. The zero-order valence-electron chi connectivity index (χ0n) is 10.5. The third-order valence-corrected chi connectivity index (χ3v) is 2.08. The average Bonchev–Trinajstić information content (AvgIpc) is 2.28. The van der Waals surface area contributed by atoms with Crippen LogP contribution >= 0.6 is 0 Å². The molecule has 0 bridgehead atoms. The molecule has 1 heterocycles. The molecular weight excluding hydrogens is 218 g/mol.